The summed E-state index contributed by atoms with van der Waals surface area (Å²) in [6.07, 6.45) is 1.47. The SMILES string of the molecule is Cc1cc(Br)c(OCc2ccc(C(=O)OCC(=O)CN3CCN(C(=O)c4ccco4)CC3)cc2)c(Br)c1. The molecule has 0 bridgehead atoms. The molecule has 8 nitrogen and oxygen atoms in total. The van der Waals surface area contributed by atoms with E-state index < -0.39 is 5.97 Å². The lowest BCUT2D eigenvalue weighted by molar-refractivity contribution is -0.123. The van der Waals surface area contributed by atoms with Crippen molar-refractivity contribution < 1.29 is 28.3 Å². The van der Waals surface area contributed by atoms with Gasteiger partial charge in [0.1, 0.15) is 12.4 Å². The molecular weight excluding hydrogens is 608 g/mol. The third-order valence-corrected chi connectivity index (χ3v) is 7.05. The van der Waals surface area contributed by atoms with Gasteiger partial charge in [-0.05, 0) is 86.3 Å². The molecule has 10 heteroatoms. The van der Waals surface area contributed by atoms with Gasteiger partial charge in [0.15, 0.2) is 18.2 Å². The van der Waals surface area contributed by atoms with Gasteiger partial charge in [0.2, 0.25) is 0 Å². The van der Waals surface area contributed by atoms with Crippen LogP contribution in [0.2, 0.25) is 0 Å². The van der Waals surface area contributed by atoms with Gasteiger partial charge in [-0.2, -0.15) is 0 Å². The molecule has 194 valence electrons. The summed E-state index contributed by atoms with van der Waals surface area (Å²) in [5.41, 5.74) is 2.35. The molecule has 4 rings (SSSR count). The molecule has 2 heterocycles. The Morgan fingerprint density at radius 1 is 0.973 bits per heavy atom. The fourth-order valence-electron chi connectivity index (χ4n) is 3.91. The van der Waals surface area contributed by atoms with Gasteiger partial charge in [-0.25, -0.2) is 4.79 Å². The number of ketones is 1. The Hall–Kier alpha value is -2.95. The molecule has 37 heavy (non-hydrogen) atoms. The van der Waals surface area contributed by atoms with Gasteiger partial charge in [-0.3, -0.25) is 14.5 Å². The summed E-state index contributed by atoms with van der Waals surface area (Å²) < 4.78 is 18.0. The Kier molecular flexibility index (Phi) is 9.18. The molecule has 1 aliphatic heterocycles. The Bertz CT molecular complexity index is 1230. The van der Waals surface area contributed by atoms with Crippen LogP contribution >= 0.6 is 31.9 Å². The number of halogens is 2. The van der Waals surface area contributed by atoms with E-state index in [1.165, 1.54) is 6.26 Å². The molecular formula is C27H26Br2N2O6. The average molecular weight is 634 g/mol. The standard InChI is InChI=1S/C27H26Br2N2O6/c1-18-13-22(28)25(23(29)14-18)36-16-19-4-6-20(7-5-19)27(34)37-17-21(32)15-30-8-10-31(11-9-30)26(33)24-3-2-12-35-24/h2-7,12-14H,8-11,15-17H2,1H3. The summed E-state index contributed by atoms with van der Waals surface area (Å²) in [7, 11) is 0. The lowest BCUT2D eigenvalue weighted by Gasteiger charge is -2.33. The van der Waals surface area contributed by atoms with E-state index in [2.05, 4.69) is 31.9 Å². The molecule has 0 unspecified atom stereocenters. The molecule has 0 radical (unpaired) electrons. The summed E-state index contributed by atoms with van der Waals surface area (Å²) >= 11 is 7.02. The fraction of sp³-hybridized carbons (Fsp3) is 0.296. The first-order valence-corrected chi connectivity index (χ1v) is 13.3. The normalized spacial score (nSPS) is 13.9. The second kappa shape index (κ2) is 12.5. The van der Waals surface area contributed by atoms with Crippen LogP contribution in [0.15, 0.2) is 68.2 Å². The van der Waals surface area contributed by atoms with Gasteiger partial charge in [-0.1, -0.05) is 12.1 Å². The zero-order valence-corrected chi connectivity index (χ0v) is 23.4. The molecule has 0 aliphatic carbocycles. The smallest absolute Gasteiger partial charge is 0.338 e. The number of Topliss-reactive ketones (excluding diaryl/α,β-unsaturated/α-hetero) is 1. The maximum absolute atomic E-state index is 12.4. The summed E-state index contributed by atoms with van der Waals surface area (Å²) in [6.45, 7) is 4.31. The molecule has 3 aromatic rings. The van der Waals surface area contributed by atoms with E-state index in [0.29, 0.717) is 49.9 Å². The Labute approximate surface area is 231 Å². The van der Waals surface area contributed by atoms with Crippen molar-refractivity contribution in [2.24, 2.45) is 0 Å². The van der Waals surface area contributed by atoms with E-state index in [-0.39, 0.29) is 24.8 Å². The van der Waals surface area contributed by atoms with Crippen LogP contribution in [0.5, 0.6) is 5.75 Å². The van der Waals surface area contributed by atoms with Crippen molar-refractivity contribution >= 4 is 49.5 Å². The van der Waals surface area contributed by atoms with E-state index in [4.69, 9.17) is 13.9 Å². The molecule has 1 aliphatic rings. The number of piperazine rings is 1. The highest BCUT2D eigenvalue weighted by molar-refractivity contribution is 9.11. The number of carbonyl (C=O) groups excluding carboxylic acids is 3. The summed E-state index contributed by atoms with van der Waals surface area (Å²) in [4.78, 5) is 40.7. The van der Waals surface area contributed by atoms with E-state index in [1.54, 1.807) is 41.3 Å². The van der Waals surface area contributed by atoms with Crippen LogP contribution in [0.25, 0.3) is 0 Å². The maximum atomic E-state index is 12.4. The van der Waals surface area contributed by atoms with Crippen molar-refractivity contribution in [2.45, 2.75) is 13.5 Å². The third kappa shape index (κ3) is 7.30. The summed E-state index contributed by atoms with van der Waals surface area (Å²) in [5.74, 6) is 0.109. The number of furan rings is 1. The van der Waals surface area contributed by atoms with Crippen LogP contribution in [0, 0.1) is 6.92 Å². The van der Waals surface area contributed by atoms with Gasteiger partial charge < -0.3 is 18.8 Å². The average Bonchev–Trinajstić information content (AvgIpc) is 3.42. The van der Waals surface area contributed by atoms with E-state index in [0.717, 1.165) is 20.1 Å². The highest BCUT2D eigenvalue weighted by atomic mass is 79.9. The van der Waals surface area contributed by atoms with Crippen LogP contribution in [0.3, 0.4) is 0 Å². The number of aryl methyl sites for hydroxylation is 1. The van der Waals surface area contributed by atoms with Crippen molar-refractivity contribution in [3.05, 3.63) is 86.2 Å². The molecule has 1 saturated heterocycles. The van der Waals surface area contributed by atoms with Gasteiger partial charge in [-0.15, -0.1) is 0 Å². The lowest BCUT2D eigenvalue weighted by Crippen LogP contribution is -2.50. The number of benzene rings is 2. The molecule has 0 saturated carbocycles. The molecule has 1 fully saturated rings. The zero-order chi connectivity index (χ0) is 26.4. The van der Waals surface area contributed by atoms with Crippen molar-refractivity contribution in [1.82, 2.24) is 9.80 Å². The molecule has 2 aromatic carbocycles. The zero-order valence-electron chi connectivity index (χ0n) is 20.2. The molecule has 0 N–H and O–H groups in total. The number of rotatable bonds is 9. The lowest BCUT2D eigenvalue weighted by atomic mass is 10.1. The maximum Gasteiger partial charge on any atom is 0.338 e. The first-order chi connectivity index (χ1) is 17.8. The van der Waals surface area contributed by atoms with Crippen molar-refractivity contribution in [1.29, 1.82) is 0 Å². The Morgan fingerprint density at radius 2 is 1.65 bits per heavy atom. The second-order valence-electron chi connectivity index (χ2n) is 8.70. The summed E-state index contributed by atoms with van der Waals surface area (Å²) in [6, 6.07) is 14.2. The van der Waals surface area contributed by atoms with Crippen LogP contribution in [0.1, 0.15) is 32.0 Å². The quantitative estimate of drug-likeness (QED) is 0.311. The molecule has 1 amide bonds. The highest BCUT2D eigenvalue weighted by Gasteiger charge is 2.25. The summed E-state index contributed by atoms with van der Waals surface area (Å²) in [5, 5.41) is 0. The van der Waals surface area contributed by atoms with Crippen LogP contribution in [-0.2, 0) is 16.1 Å². The number of esters is 1. The van der Waals surface area contributed by atoms with E-state index in [1.807, 2.05) is 24.0 Å². The Balaban J connectivity index is 1.19. The highest BCUT2D eigenvalue weighted by Crippen LogP contribution is 2.35. The number of hydrogen-bond acceptors (Lipinski definition) is 7. The van der Waals surface area contributed by atoms with E-state index in [9.17, 15) is 14.4 Å². The van der Waals surface area contributed by atoms with E-state index >= 15 is 0 Å². The number of carbonyl (C=O) groups is 3. The fourth-order valence-corrected chi connectivity index (χ4v) is 5.55. The largest absolute Gasteiger partial charge is 0.487 e. The van der Waals surface area contributed by atoms with Crippen molar-refractivity contribution in [2.75, 3.05) is 39.3 Å². The number of ether oxygens (including phenoxy) is 2. The number of hydrogen-bond donors (Lipinski definition) is 0. The topological polar surface area (TPSA) is 89.3 Å². The van der Waals surface area contributed by atoms with Crippen LogP contribution < -0.4 is 4.74 Å². The monoisotopic (exact) mass is 632 g/mol. The minimum atomic E-state index is -0.557. The second-order valence-corrected chi connectivity index (χ2v) is 10.4. The number of amides is 1. The van der Waals surface area contributed by atoms with Gasteiger partial charge in [0.05, 0.1) is 27.3 Å². The first kappa shape index (κ1) is 27.1. The number of nitrogens with zero attached hydrogens (tertiary/aromatic N) is 2. The minimum Gasteiger partial charge on any atom is -0.487 e. The molecule has 0 spiro atoms. The molecule has 0 atom stereocenters. The van der Waals surface area contributed by atoms with Gasteiger partial charge in [0.25, 0.3) is 5.91 Å². The Morgan fingerprint density at radius 3 is 2.27 bits per heavy atom. The molecule has 1 aromatic heterocycles. The minimum absolute atomic E-state index is 0.154. The van der Waals surface area contributed by atoms with Gasteiger partial charge in [0, 0.05) is 26.2 Å². The third-order valence-electron chi connectivity index (χ3n) is 5.87. The van der Waals surface area contributed by atoms with Gasteiger partial charge >= 0.3 is 5.97 Å². The van der Waals surface area contributed by atoms with Crippen LogP contribution in [0.4, 0.5) is 0 Å². The van der Waals surface area contributed by atoms with Crippen LogP contribution in [-0.4, -0.2) is 66.8 Å². The van der Waals surface area contributed by atoms with Crippen molar-refractivity contribution in [3.8, 4) is 5.75 Å². The van der Waals surface area contributed by atoms with Crippen molar-refractivity contribution in [3.63, 3.8) is 0 Å². The predicted molar refractivity (Wildman–Crippen MR) is 144 cm³/mol. The first-order valence-electron chi connectivity index (χ1n) is 11.7. The predicted octanol–water partition coefficient (Wildman–Crippen LogP) is 4.88.